The summed E-state index contributed by atoms with van der Waals surface area (Å²) in [5, 5.41) is 3.34. The first-order valence-electron chi connectivity index (χ1n) is 7.58. The first-order chi connectivity index (χ1) is 11.1. The average Bonchev–Trinajstić information content (AvgIpc) is 2.89. The van der Waals surface area contributed by atoms with Crippen LogP contribution in [0.3, 0.4) is 0 Å². The fourth-order valence-electron chi connectivity index (χ4n) is 2.56. The molecule has 0 radical (unpaired) electrons. The van der Waals surface area contributed by atoms with Crippen LogP contribution in [0.15, 0.2) is 24.3 Å². The number of carbonyl (C=O) groups excluding carboxylic acids is 2. The van der Waals surface area contributed by atoms with Gasteiger partial charge in [0.05, 0.1) is 12.0 Å². The minimum atomic E-state index is -0.400. The van der Waals surface area contributed by atoms with Crippen LogP contribution >= 0.6 is 11.6 Å². The summed E-state index contributed by atoms with van der Waals surface area (Å²) < 4.78 is 4.80. The maximum atomic E-state index is 12.0. The number of amides is 2. The number of benzene rings is 1. The molecule has 1 unspecified atom stereocenters. The van der Waals surface area contributed by atoms with Gasteiger partial charge in [0.15, 0.2) is 0 Å². The molecular formula is C17H17ClN2O3. The largest absolute Gasteiger partial charge is 0.447 e. The van der Waals surface area contributed by atoms with E-state index in [9.17, 15) is 9.59 Å². The normalized spacial score (nSPS) is 20.1. The lowest BCUT2D eigenvalue weighted by Gasteiger charge is -2.36. The highest BCUT2D eigenvalue weighted by atomic mass is 35.5. The molecule has 120 valence electrons. The van der Waals surface area contributed by atoms with Gasteiger partial charge < -0.3 is 15.0 Å². The highest BCUT2D eigenvalue weighted by Crippen LogP contribution is 2.18. The van der Waals surface area contributed by atoms with Gasteiger partial charge in [-0.15, -0.1) is 0 Å². The summed E-state index contributed by atoms with van der Waals surface area (Å²) in [6.07, 6.45) is 0.630. The number of likely N-dealkylation sites (tertiary alicyclic amines) is 1. The minimum absolute atomic E-state index is 0.0499. The van der Waals surface area contributed by atoms with Crippen molar-refractivity contribution in [2.75, 3.05) is 19.7 Å². The van der Waals surface area contributed by atoms with Crippen molar-refractivity contribution in [3.05, 3.63) is 34.9 Å². The first kappa shape index (κ1) is 15.7. The monoisotopic (exact) mass is 332 g/mol. The van der Waals surface area contributed by atoms with E-state index in [4.69, 9.17) is 16.3 Å². The SMILES string of the molecule is O=C1NC(CCC(=O)N2CC(C#Cc3cccc(Cl)c3)C2)CO1. The maximum Gasteiger partial charge on any atom is 0.407 e. The lowest BCUT2D eigenvalue weighted by Crippen LogP contribution is -2.49. The van der Waals surface area contributed by atoms with Crippen LogP contribution in [-0.2, 0) is 9.53 Å². The topological polar surface area (TPSA) is 58.6 Å². The smallest absolute Gasteiger partial charge is 0.407 e. The molecule has 2 heterocycles. The average molecular weight is 333 g/mol. The molecule has 6 heteroatoms. The van der Waals surface area contributed by atoms with E-state index in [-0.39, 0.29) is 17.9 Å². The molecule has 0 aliphatic carbocycles. The van der Waals surface area contributed by atoms with Crippen molar-refractivity contribution in [1.29, 1.82) is 0 Å². The Balaban J connectivity index is 1.40. The zero-order valence-electron chi connectivity index (χ0n) is 12.5. The fraction of sp³-hybridized carbons (Fsp3) is 0.412. The summed E-state index contributed by atoms with van der Waals surface area (Å²) in [7, 11) is 0. The van der Waals surface area contributed by atoms with Crippen LogP contribution in [0, 0.1) is 17.8 Å². The lowest BCUT2D eigenvalue weighted by atomic mass is 9.99. The predicted molar refractivity (Wildman–Crippen MR) is 85.9 cm³/mol. The van der Waals surface area contributed by atoms with E-state index in [1.807, 2.05) is 24.3 Å². The second kappa shape index (κ2) is 6.93. The van der Waals surface area contributed by atoms with Crippen LogP contribution in [0.5, 0.6) is 0 Å². The zero-order valence-corrected chi connectivity index (χ0v) is 13.3. The van der Waals surface area contributed by atoms with Crippen LogP contribution in [0.25, 0.3) is 0 Å². The third kappa shape index (κ3) is 4.17. The summed E-state index contributed by atoms with van der Waals surface area (Å²) in [5.74, 6) is 6.58. The Kier molecular flexibility index (Phi) is 4.73. The molecule has 0 aromatic heterocycles. The van der Waals surface area contributed by atoms with E-state index >= 15 is 0 Å². The molecule has 2 fully saturated rings. The van der Waals surface area contributed by atoms with E-state index in [1.165, 1.54) is 0 Å². The molecular weight excluding hydrogens is 316 g/mol. The summed E-state index contributed by atoms with van der Waals surface area (Å²) in [4.78, 5) is 24.7. The zero-order chi connectivity index (χ0) is 16.2. The van der Waals surface area contributed by atoms with Crippen LogP contribution < -0.4 is 5.32 Å². The van der Waals surface area contributed by atoms with Crippen molar-refractivity contribution in [3.63, 3.8) is 0 Å². The molecule has 0 saturated carbocycles. The molecule has 2 aliphatic heterocycles. The molecule has 5 nitrogen and oxygen atoms in total. The Morgan fingerprint density at radius 3 is 2.96 bits per heavy atom. The number of alkyl carbamates (subject to hydrolysis) is 1. The minimum Gasteiger partial charge on any atom is -0.447 e. The van der Waals surface area contributed by atoms with Crippen molar-refractivity contribution >= 4 is 23.6 Å². The van der Waals surface area contributed by atoms with Gasteiger partial charge in [-0.2, -0.15) is 0 Å². The Hall–Kier alpha value is -2.19. The molecule has 1 aromatic rings. The Bertz CT molecular complexity index is 674. The molecule has 3 rings (SSSR count). The second-order valence-corrected chi connectivity index (χ2v) is 6.19. The molecule has 0 bridgehead atoms. The molecule has 1 atom stereocenters. The van der Waals surface area contributed by atoms with Gasteiger partial charge in [-0.05, 0) is 24.6 Å². The molecule has 23 heavy (non-hydrogen) atoms. The van der Waals surface area contributed by atoms with Gasteiger partial charge in [-0.3, -0.25) is 4.79 Å². The standard InChI is InChI=1S/C17H17ClN2O3/c18-14-3-1-2-12(8-14)4-5-13-9-20(10-13)16(21)7-6-15-11-23-17(22)19-15/h1-3,8,13,15H,6-7,9-11H2,(H,19,22). The lowest BCUT2D eigenvalue weighted by molar-refractivity contribution is -0.136. The van der Waals surface area contributed by atoms with Crippen molar-refractivity contribution in [3.8, 4) is 11.8 Å². The Morgan fingerprint density at radius 2 is 2.26 bits per heavy atom. The van der Waals surface area contributed by atoms with Gasteiger partial charge in [0, 0.05) is 30.1 Å². The first-order valence-corrected chi connectivity index (χ1v) is 7.96. The van der Waals surface area contributed by atoms with Gasteiger partial charge >= 0.3 is 6.09 Å². The van der Waals surface area contributed by atoms with E-state index in [1.54, 1.807) is 4.90 Å². The van der Waals surface area contributed by atoms with Crippen LogP contribution in [-0.4, -0.2) is 42.6 Å². The third-order valence-corrected chi connectivity index (χ3v) is 4.16. The molecule has 2 aliphatic rings. The Labute approximate surface area is 139 Å². The van der Waals surface area contributed by atoms with Gasteiger partial charge in [0.25, 0.3) is 0 Å². The molecule has 2 amide bonds. The number of rotatable bonds is 3. The van der Waals surface area contributed by atoms with Crippen molar-refractivity contribution in [2.45, 2.75) is 18.9 Å². The maximum absolute atomic E-state index is 12.0. The second-order valence-electron chi connectivity index (χ2n) is 5.75. The number of carbonyl (C=O) groups is 2. The number of hydrogen-bond donors (Lipinski definition) is 1. The van der Waals surface area contributed by atoms with Gasteiger partial charge in [0.1, 0.15) is 6.61 Å². The fourth-order valence-corrected chi connectivity index (χ4v) is 2.75. The number of ether oxygens (including phenoxy) is 1. The van der Waals surface area contributed by atoms with Crippen LogP contribution in [0.4, 0.5) is 4.79 Å². The van der Waals surface area contributed by atoms with Crippen molar-refractivity contribution in [2.24, 2.45) is 5.92 Å². The van der Waals surface area contributed by atoms with Gasteiger partial charge in [-0.1, -0.05) is 29.5 Å². The summed E-state index contributed by atoms with van der Waals surface area (Å²) in [6.45, 7) is 1.68. The number of hydrogen-bond acceptors (Lipinski definition) is 3. The van der Waals surface area contributed by atoms with Crippen LogP contribution in [0.1, 0.15) is 18.4 Å². The van der Waals surface area contributed by atoms with E-state index < -0.39 is 6.09 Å². The summed E-state index contributed by atoms with van der Waals surface area (Å²) >= 11 is 5.91. The highest BCUT2D eigenvalue weighted by Gasteiger charge is 2.30. The van der Waals surface area contributed by atoms with E-state index in [2.05, 4.69) is 17.2 Å². The summed E-state index contributed by atoms with van der Waals surface area (Å²) in [5.41, 5.74) is 0.888. The molecule has 1 aromatic carbocycles. The van der Waals surface area contributed by atoms with Crippen LogP contribution in [0.2, 0.25) is 5.02 Å². The number of nitrogens with zero attached hydrogens (tertiary/aromatic N) is 1. The van der Waals surface area contributed by atoms with Crippen molar-refractivity contribution in [1.82, 2.24) is 10.2 Å². The van der Waals surface area contributed by atoms with E-state index in [0.29, 0.717) is 37.6 Å². The number of halogens is 1. The quantitative estimate of drug-likeness (QED) is 0.862. The number of cyclic esters (lactones) is 1. The molecule has 0 spiro atoms. The van der Waals surface area contributed by atoms with Gasteiger partial charge in [0.2, 0.25) is 5.91 Å². The predicted octanol–water partition coefficient (Wildman–Crippen LogP) is 2.04. The van der Waals surface area contributed by atoms with Gasteiger partial charge in [-0.25, -0.2) is 4.79 Å². The summed E-state index contributed by atoms with van der Waals surface area (Å²) in [6, 6.07) is 7.38. The Morgan fingerprint density at radius 1 is 1.43 bits per heavy atom. The highest BCUT2D eigenvalue weighted by molar-refractivity contribution is 6.30. The third-order valence-electron chi connectivity index (χ3n) is 3.92. The van der Waals surface area contributed by atoms with Crippen molar-refractivity contribution < 1.29 is 14.3 Å². The molecule has 2 saturated heterocycles. The van der Waals surface area contributed by atoms with E-state index in [0.717, 1.165) is 5.56 Å². The molecule has 1 N–H and O–H groups in total. The number of nitrogens with one attached hydrogen (secondary N) is 1.